The number of benzene rings is 4. The van der Waals surface area contributed by atoms with E-state index in [9.17, 15) is 0 Å². The second-order valence-electron chi connectivity index (χ2n) is 23.6. The van der Waals surface area contributed by atoms with Gasteiger partial charge in [-0.05, 0) is 158 Å². The fraction of sp³-hybridized carbons (Fsp3) is 0.536. The number of nitrogens with one attached hydrogen (secondary N) is 2. The molecule has 0 radical (unpaired) electrons. The first-order valence-corrected chi connectivity index (χ1v) is 31.6. The Kier molecular flexibility index (Phi) is 24.7. The molecule has 8 nitrogen and oxygen atoms in total. The maximum atomic E-state index is 5.79. The Bertz CT molecular complexity index is 2120. The van der Waals surface area contributed by atoms with E-state index in [0.717, 1.165) is 39.0 Å². The van der Waals surface area contributed by atoms with Crippen molar-refractivity contribution in [2.24, 2.45) is 9.98 Å². The van der Waals surface area contributed by atoms with E-state index >= 15 is 0 Å². The van der Waals surface area contributed by atoms with Crippen LogP contribution in [0.1, 0.15) is 160 Å². The van der Waals surface area contributed by atoms with Gasteiger partial charge in [-0.15, -0.1) is 0 Å². The molecule has 0 unspecified atom stereocenters. The van der Waals surface area contributed by atoms with Crippen molar-refractivity contribution in [3.63, 3.8) is 0 Å². The molecule has 5 rings (SSSR count). The van der Waals surface area contributed by atoms with Crippen LogP contribution in [0.5, 0.6) is 23.0 Å². The van der Waals surface area contributed by atoms with Crippen molar-refractivity contribution in [2.45, 2.75) is 170 Å². The number of aliphatic imine (C=N–C) groups is 2. The SMILES string of the molecule is CC(C)(C)c1ccc(OP(=S)([S-])Oc2ccc(C(C)(C)C)cc2)cc1.CC(C)(C)c1ccc(OP(=S)([S-])Oc2ccc(C(C)(C)C)cc2)cc1.CC1=NCCNC(C)(C)CC(C)=NCCNC(C)(C)C1.[Ni+2]. The summed E-state index contributed by atoms with van der Waals surface area (Å²) in [6.45, 7) is 42.8. The first-order chi connectivity index (χ1) is 31.9. The van der Waals surface area contributed by atoms with Crippen LogP contribution in [0.3, 0.4) is 0 Å². The monoisotopic (exact) mass is 1120 g/mol. The van der Waals surface area contributed by atoms with Crippen molar-refractivity contribution in [2.75, 3.05) is 26.2 Å². The Balaban J connectivity index is 0.000000365. The van der Waals surface area contributed by atoms with Crippen LogP contribution in [-0.2, 0) is 86.3 Å². The average molecular weight is 1130 g/mol. The van der Waals surface area contributed by atoms with Gasteiger partial charge in [0.15, 0.2) is 11.4 Å². The molecule has 0 aromatic heterocycles. The average Bonchev–Trinajstić information content (AvgIpc) is 3.20. The number of hydrogen-bond acceptors (Lipinski definition) is 12. The molecule has 4 aromatic rings. The normalized spacial score (nSPS) is 16.1. The van der Waals surface area contributed by atoms with Crippen LogP contribution in [0.25, 0.3) is 0 Å². The first kappa shape index (κ1) is 64.9. The van der Waals surface area contributed by atoms with E-state index in [-0.39, 0.29) is 49.2 Å². The zero-order valence-electron chi connectivity index (χ0n) is 45.9. The summed E-state index contributed by atoms with van der Waals surface area (Å²) in [6.07, 6.45) is 1.97. The minimum Gasteiger partial charge on any atom is -0.665 e. The maximum Gasteiger partial charge on any atom is 2.00 e. The van der Waals surface area contributed by atoms with Gasteiger partial charge in [0, 0.05) is 48.4 Å². The van der Waals surface area contributed by atoms with Gasteiger partial charge in [-0.2, -0.15) is 0 Å². The van der Waals surface area contributed by atoms with E-state index < -0.39 is 11.4 Å². The van der Waals surface area contributed by atoms with Gasteiger partial charge in [0.25, 0.3) is 0 Å². The van der Waals surface area contributed by atoms with Crippen LogP contribution >= 0.6 is 11.4 Å². The van der Waals surface area contributed by atoms with Crippen LogP contribution in [0.15, 0.2) is 107 Å². The van der Waals surface area contributed by atoms with Crippen molar-refractivity contribution < 1.29 is 34.6 Å². The van der Waals surface area contributed by atoms with Crippen LogP contribution in [-0.4, -0.2) is 48.7 Å². The molecule has 71 heavy (non-hydrogen) atoms. The molecule has 1 aliphatic rings. The van der Waals surface area contributed by atoms with Crippen molar-refractivity contribution in [3.05, 3.63) is 119 Å². The quantitative estimate of drug-likeness (QED) is 0.101. The molecule has 0 saturated heterocycles. The Hall–Kier alpha value is -2.17. The Morgan fingerprint density at radius 2 is 0.634 bits per heavy atom. The number of hydrogen-bond donors (Lipinski definition) is 2. The van der Waals surface area contributed by atoms with Gasteiger partial charge in [-0.25, -0.2) is 0 Å². The summed E-state index contributed by atoms with van der Waals surface area (Å²) in [6, 6.07) is 31.5. The topological polar surface area (TPSA) is 85.7 Å². The third-order valence-corrected chi connectivity index (χ3v) is 14.9. The predicted octanol–water partition coefficient (Wildman–Crippen LogP) is 15.5. The molecule has 2 N–H and O–H groups in total. The predicted molar refractivity (Wildman–Crippen MR) is 316 cm³/mol. The first-order valence-electron chi connectivity index (χ1n) is 24.3. The minimum absolute atomic E-state index is 0. The van der Waals surface area contributed by atoms with Gasteiger partial charge in [0.2, 0.25) is 0 Å². The molecular formula is C56H84N4NiO4P2S4. The molecule has 0 amide bonds. The fourth-order valence-electron chi connectivity index (χ4n) is 7.41. The number of rotatable bonds is 8. The Morgan fingerprint density at radius 1 is 0.437 bits per heavy atom. The van der Waals surface area contributed by atoms with E-state index in [1.54, 1.807) is 0 Å². The van der Waals surface area contributed by atoms with Gasteiger partial charge in [0.1, 0.15) is 23.0 Å². The third kappa shape index (κ3) is 25.3. The molecule has 1 aliphatic heterocycles. The van der Waals surface area contributed by atoms with Crippen molar-refractivity contribution in [1.82, 2.24) is 10.6 Å². The summed E-state index contributed by atoms with van der Waals surface area (Å²) >= 11 is 21.6. The van der Waals surface area contributed by atoms with Gasteiger partial charge < -0.3 is 53.2 Å². The summed E-state index contributed by atoms with van der Waals surface area (Å²) in [7, 11) is 0. The molecule has 0 aliphatic carbocycles. The van der Waals surface area contributed by atoms with Gasteiger partial charge in [-0.1, -0.05) is 132 Å². The van der Waals surface area contributed by atoms with Gasteiger partial charge in [0.05, 0.1) is 13.1 Å². The molecule has 396 valence electrons. The second-order valence-corrected chi connectivity index (χ2v) is 33.2. The van der Waals surface area contributed by atoms with E-state index in [4.69, 9.17) is 66.2 Å². The summed E-state index contributed by atoms with van der Waals surface area (Å²) < 4.78 is 23.2. The van der Waals surface area contributed by atoms with Crippen molar-refractivity contribution >= 4 is 70.9 Å². The Labute approximate surface area is 461 Å². The van der Waals surface area contributed by atoms with E-state index in [2.05, 4.69) is 145 Å². The second kappa shape index (κ2) is 27.1. The maximum absolute atomic E-state index is 5.79. The molecule has 0 bridgehead atoms. The summed E-state index contributed by atoms with van der Waals surface area (Å²) in [5.41, 5.74) is 2.27. The smallest absolute Gasteiger partial charge is 0.665 e. The largest absolute Gasteiger partial charge is 2.00 e. The molecule has 15 heteroatoms. The molecule has 4 aromatic carbocycles. The minimum atomic E-state index is -2.83. The van der Waals surface area contributed by atoms with Crippen molar-refractivity contribution in [1.29, 1.82) is 0 Å². The molecule has 0 saturated carbocycles. The summed E-state index contributed by atoms with van der Waals surface area (Å²) in [4.78, 5) is 9.35. The zero-order chi connectivity index (χ0) is 53.0. The number of nitrogens with zero attached hydrogens (tertiary/aromatic N) is 2. The van der Waals surface area contributed by atoms with Crippen LogP contribution in [0.2, 0.25) is 0 Å². The Morgan fingerprint density at radius 3 is 0.817 bits per heavy atom. The van der Waals surface area contributed by atoms with Gasteiger partial charge in [-0.3, -0.25) is 9.98 Å². The van der Waals surface area contributed by atoms with Crippen LogP contribution in [0.4, 0.5) is 0 Å². The van der Waals surface area contributed by atoms with Gasteiger partial charge >= 0.3 is 16.5 Å². The van der Waals surface area contributed by atoms with E-state index in [1.165, 1.54) is 33.7 Å². The van der Waals surface area contributed by atoms with Crippen LogP contribution in [0, 0.1) is 0 Å². The third-order valence-electron chi connectivity index (χ3n) is 11.3. The molecule has 0 fully saturated rings. The molecule has 0 atom stereocenters. The fourth-order valence-corrected chi connectivity index (χ4v) is 11.1. The summed E-state index contributed by atoms with van der Waals surface area (Å²) in [5.74, 6) is 2.60. The van der Waals surface area contributed by atoms with Crippen molar-refractivity contribution in [3.8, 4) is 23.0 Å². The molecule has 0 spiro atoms. The van der Waals surface area contributed by atoms with E-state index in [0.29, 0.717) is 23.0 Å². The standard InChI is InChI=1S/2C20H27O2PS2.C16H32N4.Ni/c2*1-19(2,3)15-7-11-17(12-8-15)21-23(24,25)22-18-13-9-16(10-14-18)20(4,5)6;1-13-11-15(3,4)19-10-8-18-14(2)12-16(5,6)20-9-7-17-13;/h2*7-14H,1-6H3,(H,24,25);19-20H,7-12H2,1-6H3;/q;;;+2/p-2. The zero-order valence-corrected chi connectivity index (χ0v) is 51.9. The molecular weight excluding hydrogens is 1040 g/mol. The summed E-state index contributed by atoms with van der Waals surface area (Å²) in [5, 5.41) is 7.16. The van der Waals surface area contributed by atoms with E-state index in [1.807, 2.05) is 97.1 Å². The molecule has 1 heterocycles. The van der Waals surface area contributed by atoms with Crippen LogP contribution < -0.4 is 28.7 Å².